The lowest BCUT2D eigenvalue weighted by Crippen LogP contribution is -2.50. The number of nitrogens with zero attached hydrogens (tertiary/aromatic N) is 1. The number of hydrogen-bond donors (Lipinski definition) is 4. The average Bonchev–Trinajstić information content (AvgIpc) is 3.14. The number of carboxylic acid groups (broad SMARTS) is 2. The second-order valence-corrected chi connectivity index (χ2v) is 11.6. The van der Waals surface area contributed by atoms with E-state index in [0.29, 0.717) is 31.3 Å². The Kier molecular flexibility index (Phi) is 7.09. The van der Waals surface area contributed by atoms with Crippen molar-refractivity contribution in [1.29, 1.82) is 0 Å². The Bertz CT molecular complexity index is 1000. The fourth-order valence-electron chi connectivity index (χ4n) is 5.86. The number of likely N-dealkylation sites (tertiary alicyclic amines) is 1. The van der Waals surface area contributed by atoms with Gasteiger partial charge in [-0.1, -0.05) is 12.1 Å². The van der Waals surface area contributed by atoms with Crippen molar-refractivity contribution in [2.45, 2.75) is 62.0 Å². The molecular weight excluding hydrogens is 446 g/mol. The number of aliphatic carboxylic acids is 2. The van der Waals surface area contributed by atoms with Crippen LogP contribution in [0.25, 0.3) is 0 Å². The predicted molar refractivity (Wildman–Crippen MR) is 121 cm³/mol. The van der Waals surface area contributed by atoms with Crippen molar-refractivity contribution in [1.82, 2.24) is 14.9 Å². The van der Waals surface area contributed by atoms with Crippen molar-refractivity contribution >= 4 is 22.0 Å². The molecule has 3 fully saturated rings. The topological polar surface area (TPSA) is 136 Å². The predicted octanol–water partition coefficient (Wildman–Crippen LogP) is 1.28. The summed E-state index contributed by atoms with van der Waals surface area (Å²) in [4.78, 5) is 25.4. The van der Waals surface area contributed by atoms with Crippen LogP contribution < -0.4 is 10.0 Å². The molecule has 1 aromatic carbocycles. The highest BCUT2D eigenvalue weighted by Crippen LogP contribution is 2.39. The number of benzene rings is 1. The maximum Gasteiger partial charge on any atom is 0.320 e. The summed E-state index contributed by atoms with van der Waals surface area (Å²) in [7, 11) is -3.73. The van der Waals surface area contributed by atoms with E-state index in [1.165, 1.54) is 0 Å². The normalized spacial score (nSPS) is 32.9. The number of nitrogens with one attached hydrogen (secondary N) is 2. The summed E-state index contributed by atoms with van der Waals surface area (Å²) < 4.78 is 28.4. The second kappa shape index (κ2) is 9.69. The van der Waals surface area contributed by atoms with Crippen LogP contribution in [-0.2, 0) is 19.6 Å². The summed E-state index contributed by atoms with van der Waals surface area (Å²) in [5.41, 5.74) is 0.841. The van der Waals surface area contributed by atoms with Gasteiger partial charge in [-0.05, 0) is 81.0 Å². The monoisotopic (exact) mass is 479 g/mol. The Labute approximate surface area is 194 Å². The van der Waals surface area contributed by atoms with Gasteiger partial charge < -0.3 is 15.5 Å². The Morgan fingerprint density at radius 2 is 1.91 bits per heavy atom. The molecule has 0 radical (unpaired) electrons. The third kappa shape index (κ3) is 5.56. The van der Waals surface area contributed by atoms with Gasteiger partial charge in [0.25, 0.3) is 0 Å². The van der Waals surface area contributed by atoms with E-state index in [-0.39, 0.29) is 17.2 Å². The molecule has 6 atom stereocenters. The van der Waals surface area contributed by atoms with E-state index < -0.39 is 40.1 Å². The van der Waals surface area contributed by atoms with Crippen LogP contribution in [0.2, 0.25) is 0 Å². The van der Waals surface area contributed by atoms with Crippen molar-refractivity contribution in [3.63, 3.8) is 0 Å². The molecule has 0 bridgehead atoms. The molecule has 0 aromatic heterocycles. The number of aryl methyl sites for hydroxylation is 1. The van der Waals surface area contributed by atoms with Gasteiger partial charge in [0.1, 0.15) is 12.1 Å². The van der Waals surface area contributed by atoms with Crippen LogP contribution in [0.4, 0.5) is 0 Å². The summed E-state index contributed by atoms with van der Waals surface area (Å²) >= 11 is 0. The van der Waals surface area contributed by atoms with E-state index in [0.717, 1.165) is 31.4 Å². The van der Waals surface area contributed by atoms with Gasteiger partial charge in [-0.15, -0.1) is 0 Å². The third-order valence-corrected chi connectivity index (χ3v) is 9.03. The first-order chi connectivity index (χ1) is 15.6. The zero-order valence-electron chi connectivity index (χ0n) is 18.8. The molecule has 4 N–H and O–H groups in total. The summed E-state index contributed by atoms with van der Waals surface area (Å²) in [6, 6.07) is 4.95. The van der Waals surface area contributed by atoms with Crippen molar-refractivity contribution in [2.24, 2.45) is 17.8 Å². The maximum atomic E-state index is 12.8. The van der Waals surface area contributed by atoms with Gasteiger partial charge in [-0.25, -0.2) is 13.1 Å². The van der Waals surface area contributed by atoms with Crippen molar-refractivity contribution in [2.75, 3.05) is 19.6 Å². The minimum Gasteiger partial charge on any atom is -0.480 e. The number of piperidine rings is 1. The quantitative estimate of drug-likeness (QED) is 0.459. The third-order valence-electron chi connectivity index (χ3n) is 7.51. The van der Waals surface area contributed by atoms with Gasteiger partial charge in [0.15, 0.2) is 0 Å². The van der Waals surface area contributed by atoms with Crippen LogP contribution in [0.5, 0.6) is 0 Å². The van der Waals surface area contributed by atoms with E-state index >= 15 is 0 Å². The zero-order valence-corrected chi connectivity index (χ0v) is 19.6. The SMILES string of the molecule is Cc1cccc(S(=O)(=O)N[C@H]2C[C@@H](C(=O)O)N(C[C@H]3CC[C@H]4CN[C@H](C(=O)O)C[C@H]4C3)C2)c1. The number of fused-ring (bicyclic) bond motifs is 1. The van der Waals surface area contributed by atoms with Gasteiger partial charge in [0.05, 0.1) is 4.90 Å². The molecule has 2 heterocycles. The number of carboxylic acids is 2. The van der Waals surface area contributed by atoms with E-state index in [1.807, 2.05) is 17.9 Å². The minimum absolute atomic E-state index is 0.185. The van der Waals surface area contributed by atoms with E-state index in [1.54, 1.807) is 18.2 Å². The summed E-state index contributed by atoms with van der Waals surface area (Å²) in [6.45, 7) is 3.49. The van der Waals surface area contributed by atoms with Crippen molar-refractivity contribution in [3.8, 4) is 0 Å². The smallest absolute Gasteiger partial charge is 0.320 e. The Balaban J connectivity index is 1.39. The van der Waals surface area contributed by atoms with E-state index in [9.17, 15) is 28.2 Å². The lowest BCUT2D eigenvalue weighted by molar-refractivity contribution is -0.143. The molecule has 0 amide bonds. The molecule has 0 unspecified atom stereocenters. The first kappa shape index (κ1) is 24.1. The molecule has 3 aliphatic rings. The van der Waals surface area contributed by atoms with Crippen molar-refractivity contribution in [3.05, 3.63) is 29.8 Å². The highest BCUT2D eigenvalue weighted by Gasteiger charge is 2.42. The highest BCUT2D eigenvalue weighted by molar-refractivity contribution is 7.89. The number of carbonyl (C=O) groups is 2. The molecule has 33 heavy (non-hydrogen) atoms. The lowest BCUT2D eigenvalue weighted by atomic mass is 9.69. The summed E-state index contributed by atoms with van der Waals surface area (Å²) in [6.07, 6.45) is 3.70. The van der Waals surface area contributed by atoms with Crippen molar-refractivity contribution < 1.29 is 28.2 Å². The number of sulfonamides is 1. The first-order valence-corrected chi connectivity index (χ1v) is 13.1. The second-order valence-electron chi connectivity index (χ2n) is 9.91. The molecule has 1 aromatic rings. The molecule has 2 aliphatic heterocycles. The molecule has 9 nitrogen and oxygen atoms in total. The van der Waals surface area contributed by atoms with Gasteiger partial charge in [-0.2, -0.15) is 0 Å². The molecule has 2 saturated heterocycles. The van der Waals surface area contributed by atoms with Gasteiger partial charge in [-0.3, -0.25) is 14.5 Å². The Morgan fingerprint density at radius 1 is 1.12 bits per heavy atom. The largest absolute Gasteiger partial charge is 0.480 e. The maximum absolute atomic E-state index is 12.8. The van der Waals surface area contributed by atoms with Crippen LogP contribution in [0, 0.1) is 24.7 Å². The molecule has 4 rings (SSSR count). The molecule has 182 valence electrons. The number of rotatable bonds is 7. The first-order valence-electron chi connectivity index (χ1n) is 11.6. The lowest BCUT2D eigenvalue weighted by Gasteiger charge is -2.42. The number of hydrogen-bond acceptors (Lipinski definition) is 6. The zero-order chi connectivity index (χ0) is 23.8. The Morgan fingerprint density at radius 3 is 2.61 bits per heavy atom. The molecule has 1 saturated carbocycles. The fourth-order valence-corrected chi connectivity index (χ4v) is 7.21. The summed E-state index contributed by atoms with van der Waals surface area (Å²) in [5, 5.41) is 22.2. The highest BCUT2D eigenvalue weighted by atomic mass is 32.2. The van der Waals surface area contributed by atoms with Gasteiger partial charge >= 0.3 is 11.9 Å². The van der Waals surface area contributed by atoms with E-state index in [4.69, 9.17) is 0 Å². The van der Waals surface area contributed by atoms with Crippen LogP contribution in [0.15, 0.2) is 29.2 Å². The average molecular weight is 480 g/mol. The van der Waals surface area contributed by atoms with Crippen LogP contribution in [0.1, 0.15) is 37.7 Å². The standard InChI is InChI=1S/C23H33N3O6S/c1-14-3-2-4-19(7-14)33(31,32)25-18-10-21(23(29)30)26(13-18)12-15-5-6-16-11-24-20(22(27)28)9-17(16)8-15/h2-4,7,15-18,20-21,24-25H,5-6,8-13H2,1H3,(H,27,28)(H,29,30)/t15-,16-,17+,18-,20-,21-/m0/s1. The van der Waals surface area contributed by atoms with Crippen LogP contribution >= 0.6 is 0 Å². The molecule has 10 heteroatoms. The van der Waals surface area contributed by atoms with Gasteiger partial charge in [0.2, 0.25) is 10.0 Å². The molecule has 1 aliphatic carbocycles. The van der Waals surface area contributed by atoms with Gasteiger partial charge in [0, 0.05) is 19.1 Å². The van der Waals surface area contributed by atoms with Crippen LogP contribution in [-0.4, -0.2) is 73.2 Å². The summed E-state index contributed by atoms with van der Waals surface area (Å²) in [5.74, 6) is -0.668. The molecule has 0 spiro atoms. The van der Waals surface area contributed by atoms with E-state index in [2.05, 4.69) is 10.0 Å². The Hall–Kier alpha value is -2.01. The fraction of sp³-hybridized carbons (Fsp3) is 0.652. The molecular formula is C23H33N3O6S. The minimum atomic E-state index is -3.73. The van der Waals surface area contributed by atoms with Crippen LogP contribution in [0.3, 0.4) is 0 Å².